The number of rotatable bonds is 3. The van der Waals surface area contributed by atoms with Gasteiger partial charge in [-0.25, -0.2) is 13.2 Å². The Morgan fingerprint density at radius 1 is 1.04 bits per heavy atom. The van der Waals surface area contributed by atoms with Gasteiger partial charge in [0.2, 0.25) is 0 Å². The number of fused-ring (bicyclic) bond motifs is 1. The quantitative estimate of drug-likeness (QED) is 0.750. The van der Waals surface area contributed by atoms with Crippen LogP contribution in [0.15, 0.2) is 36.4 Å². The van der Waals surface area contributed by atoms with Crippen LogP contribution in [0.4, 0.5) is 13.2 Å². The number of aliphatic carboxylic acids is 1. The summed E-state index contributed by atoms with van der Waals surface area (Å²) in [7, 11) is 0. The van der Waals surface area contributed by atoms with Crippen LogP contribution < -0.4 is 0 Å². The fourth-order valence-electron chi connectivity index (χ4n) is 2.66. The van der Waals surface area contributed by atoms with Crippen LogP contribution in [0.2, 0.25) is 0 Å². The summed E-state index contributed by atoms with van der Waals surface area (Å²) in [6.45, 7) is 1.39. The molecule has 0 fully saturated rings. The van der Waals surface area contributed by atoms with Crippen molar-refractivity contribution in [2.45, 2.75) is 12.8 Å². The Balaban J connectivity index is 2.39. The standard InChI is InChI=1S/C17H12F3NO2/c1-8(17(22)23)13-14-11(19)6-7-12(20)16(14)21-15(13)9-2-4-10(18)5-3-9/h2-8,21H,1H3,(H,22,23). The molecule has 0 aliphatic carbocycles. The number of hydrogen-bond donors (Lipinski definition) is 2. The van der Waals surface area contributed by atoms with Crippen molar-refractivity contribution in [3.63, 3.8) is 0 Å². The van der Waals surface area contributed by atoms with Gasteiger partial charge >= 0.3 is 5.97 Å². The molecular weight excluding hydrogens is 307 g/mol. The third-order valence-electron chi connectivity index (χ3n) is 3.83. The number of aromatic amines is 1. The Hall–Kier alpha value is -2.76. The molecule has 1 atom stereocenters. The van der Waals surface area contributed by atoms with Crippen LogP contribution in [0.5, 0.6) is 0 Å². The highest BCUT2D eigenvalue weighted by Gasteiger charge is 2.26. The normalized spacial score (nSPS) is 12.5. The lowest BCUT2D eigenvalue weighted by atomic mass is 9.94. The second-order valence-electron chi connectivity index (χ2n) is 5.26. The summed E-state index contributed by atoms with van der Waals surface area (Å²) >= 11 is 0. The second kappa shape index (κ2) is 5.46. The molecule has 1 unspecified atom stereocenters. The SMILES string of the molecule is CC(C(=O)O)c1c(-c2ccc(F)cc2)[nH]c2c(F)ccc(F)c12. The molecule has 2 N–H and O–H groups in total. The van der Waals surface area contributed by atoms with Crippen molar-refractivity contribution in [3.05, 3.63) is 59.4 Å². The highest BCUT2D eigenvalue weighted by molar-refractivity contribution is 5.96. The van der Waals surface area contributed by atoms with Gasteiger partial charge in [0, 0.05) is 10.9 Å². The number of H-pyrrole nitrogens is 1. The Morgan fingerprint density at radius 2 is 1.65 bits per heavy atom. The fraction of sp³-hybridized carbons (Fsp3) is 0.118. The topological polar surface area (TPSA) is 53.1 Å². The molecule has 118 valence electrons. The van der Waals surface area contributed by atoms with Gasteiger partial charge in [0.1, 0.15) is 17.5 Å². The third-order valence-corrected chi connectivity index (χ3v) is 3.83. The van der Waals surface area contributed by atoms with Crippen LogP contribution in [0.3, 0.4) is 0 Å². The summed E-state index contributed by atoms with van der Waals surface area (Å²) in [6.07, 6.45) is 0. The van der Waals surface area contributed by atoms with Crippen molar-refractivity contribution in [1.29, 1.82) is 0 Å². The van der Waals surface area contributed by atoms with Crippen LogP contribution in [0.1, 0.15) is 18.4 Å². The smallest absolute Gasteiger partial charge is 0.310 e. The third kappa shape index (κ3) is 2.46. The lowest BCUT2D eigenvalue weighted by molar-refractivity contribution is -0.138. The molecule has 0 aliphatic rings. The molecular formula is C17H12F3NO2. The summed E-state index contributed by atoms with van der Waals surface area (Å²) in [5.41, 5.74) is 0.743. The highest BCUT2D eigenvalue weighted by Crippen LogP contribution is 2.38. The van der Waals surface area contributed by atoms with Crippen molar-refractivity contribution in [2.75, 3.05) is 0 Å². The van der Waals surface area contributed by atoms with Gasteiger partial charge in [0.15, 0.2) is 0 Å². The van der Waals surface area contributed by atoms with Crippen LogP contribution in [0, 0.1) is 17.5 Å². The summed E-state index contributed by atoms with van der Waals surface area (Å²) in [5, 5.41) is 9.20. The van der Waals surface area contributed by atoms with E-state index in [0.29, 0.717) is 5.56 Å². The molecule has 0 radical (unpaired) electrons. The van der Waals surface area contributed by atoms with E-state index in [1.807, 2.05) is 0 Å². The minimum atomic E-state index is -1.17. The van der Waals surface area contributed by atoms with E-state index in [1.54, 1.807) is 0 Å². The monoisotopic (exact) mass is 319 g/mol. The Labute approximate surface area is 129 Å². The van der Waals surface area contributed by atoms with E-state index in [2.05, 4.69) is 4.98 Å². The maximum Gasteiger partial charge on any atom is 0.310 e. The predicted octanol–water partition coefficient (Wildman–Crippen LogP) is 4.44. The van der Waals surface area contributed by atoms with Gasteiger partial charge in [0.25, 0.3) is 0 Å². The van der Waals surface area contributed by atoms with Crippen molar-refractivity contribution in [3.8, 4) is 11.3 Å². The molecule has 3 rings (SSSR count). The number of nitrogens with one attached hydrogen (secondary N) is 1. The Bertz CT molecular complexity index is 900. The summed E-state index contributed by atoms with van der Waals surface area (Å²) in [5.74, 6) is -4.10. The lowest BCUT2D eigenvalue weighted by Crippen LogP contribution is -2.08. The van der Waals surface area contributed by atoms with Gasteiger partial charge in [-0.05, 0) is 48.9 Å². The number of carbonyl (C=O) groups is 1. The molecule has 6 heteroatoms. The predicted molar refractivity (Wildman–Crippen MR) is 79.7 cm³/mol. The van der Waals surface area contributed by atoms with Crippen molar-refractivity contribution in [1.82, 2.24) is 4.98 Å². The molecule has 3 nitrogen and oxygen atoms in total. The average molecular weight is 319 g/mol. The maximum absolute atomic E-state index is 14.2. The number of halogens is 3. The Kier molecular flexibility index (Phi) is 3.60. The first-order valence-electron chi connectivity index (χ1n) is 6.88. The van der Waals surface area contributed by atoms with Crippen molar-refractivity contribution < 1.29 is 23.1 Å². The Morgan fingerprint density at radius 3 is 2.26 bits per heavy atom. The van der Waals surface area contributed by atoms with Gasteiger partial charge in [-0.2, -0.15) is 0 Å². The van der Waals surface area contributed by atoms with Crippen LogP contribution in [-0.2, 0) is 4.79 Å². The molecule has 0 aliphatic heterocycles. The van der Waals surface area contributed by atoms with Gasteiger partial charge in [-0.1, -0.05) is 0 Å². The van der Waals surface area contributed by atoms with E-state index in [9.17, 15) is 23.1 Å². The number of hydrogen-bond acceptors (Lipinski definition) is 1. The first-order chi connectivity index (χ1) is 10.9. The van der Waals surface area contributed by atoms with E-state index in [1.165, 1.54) is 31.2 Å². The van der Waals surface area contributed by atoms with Crippen molar-refractivity contribution >= 4 is 16.9 Å². The zero-order valence-electron chi connectivity index (χ0n) is 12.0. The highest BCUT2D eigenvalue weighted by atomic mass is 19.1. The molecule has 0 spiro atoms. The minimum absolute atomic E-state index is 0.0979. The molecule has 23 heavy (non-hydrogen) atoms. The van der Waals surface area contributed by atoms with Crippen LogP contribution >= 0.6 is 0 Å². The first kappa shape index (κ1) is 15.1. The van der Waals surface area contributed by atoms with Crippen LogP contribution in [0.25, 0.3) is 22.2 Å². The molecule has 1 aromatic heterocycles. The van der Waals surface area contributed by atoms with Gasteiger partial charge in [-0.15, -0.1) is 0 Å². The first-order valence-corrected chi connectivity index (χ1v) is 6.88. The zero-order chi connectivity index (χ0) is 16.7. The second-order valence-corrected chi connectivity index (χ2v) is 5.26. The number of carboxylic acids is 1. The van der Waals surface area contributed by atoms with Crippen molar-refractivity contribution in [2.24, 2.45) is 0 Å². The molecule has 0 saturated heterocycles. The van der Waals surface area contributed by atoms with E-state index < -0.39 is 29.3 Å². The number of benzene rings is 2. The van der Waals surface area contributed by atoms with Gasteiger partial charge in [0.05, 0.1) is 17.1 Å². The molecule has 3 aromatic rings. The average Bonchev–Trinajstić information content (AvgIpc) is 2.92. The fourth-order valence-corrected chi connectivity index (χ4v) is 2.66. The van der Waals surface area contributed by atoms with E-state index in [4.69, 9.17) is 0 Å². The summed E-state index contributed by atoms with van der Waals surface area (Å²) in [4.78, 5) is 14.1. The molecule has 0 saturated carbocycles. The zero-order valence-corrected chi connectivity index (χ0v) is 12.0. The van der Waals surface area contributed by atoms with E-state index >= 15 is 0 Å². The van der Waals surface area contributed by atoms with Gasteiger partial charge < -0.3 is 10.1 Å². The molecule has 0 bridgehead atoms. The number of carboxylic acid groups (broad SMARTS) is 1. The minimum Gasteiger partial charge on any atom is -0.481 e. The van der Waals surface area contributed by atoms with Gasteiger partial charge in [-0.3, -0.25) is 4.79 Å². The maximum atomic E-state index is 14.2. The summed E-state index contributed by atoms with van der Waals surface area (Å²) < 4.78 is 41.3. The van der Waals surface area contributed by atoms with Crippen LogP contribution in [-0.4, -0.2) is 16.1 Å². The van der Waals surface area contributed by atoms with E-state index in [-0.39, 0.29) is 22.2 Å². The lowest BCUT2D eigenvalue weighted by Gasteiger charge is -2.10. The molecule has 1 heterocycles. The largest absolute Gasteiger partial charge is 0.481 e. The summed E-state index contributed by atoms with van der Waals surface area (Å²) in [6, 6.07) is 7.17. The molecule has 0 amide bonds. The number of aromatic nitrogens is 1. The van der Waals surface area contributed by atoms with E-state index in [0.717, 1.165) is 12.1 Å². The molecule has 2 aromatic carbocycles.